The van der Waals surface area contributed by atoms with Crippen LogP contribution >= 0.6 is 0 Å². The first-order valence-corrected chi connectivity index (χ1v) is 8.56. The second-order valence-electron chi connectivity index (χ2n) is 5.89. The van der Waals surface area contributed by atoms with E-state index >= 15 is 0 Å². The summed E-state index contributed by atoms with van der Waals surface area (Å²) in [5.74, 6) is 1.54. The highest BCUT2D eigenvalue weighted by molar-refractivity contribution is 5.74. The molecule has 1 aromatic heterocycles. The highest BCUT2D eigenvalue weighted by Gasteiger charge is 2.20. The number of hydrogen-bond donors (Lipinski definition) is 1. The van der Waals surface area contributed by atoms with E-state index in [1.165, 1.54) is 0 Å². The quantitative estimate of drug-likeness (QED) is 0.877. The summed E-state index contributed by atoms with van der Waals surface area (Å²) in [6.45, 7) is 4.23. The van der Waals surface area contributed by atoms with E-state index in [1.807, 2.05) is 43.3 Å². The molecule has 6 nitrogen and oxygen atoms in total. The fourth-order valence-electron chi connectivity index (χ4n) is 2.69. The number of para-hydroxylation sites is 2. The molecule has 25 heavy (non-hydrogen) atoms. The second kappa shape index (κ2) is 8.37. The smallest absolute Gasteiger partial charge is 0.317 e. The topological polar surface area (TPSA) is 63.7 Å². The molecule has 0 saturated heterocycles. The molecular weight excluding hydrogens is 318 g/mol. The maximum absolute atomic E-state index is 12.3. The molecule has 6 heteroatoms. The summed E-state index contributed by atoms with van der Waals surface area (Å²) >= 11 is 0. The molecule has 0 aliphatic carbocycles. The molecule has 0 fully saturated rings. The van der Waals surface area contributed by atoms with E-state index < -0.39 is 0 Å². The van der Waals surface area contributed by atoms with E-state index in [4.69, 9.17) is 9.47 Å². The van der Waals surface area contributed by atoms with Crippen molar-refractivity contribution in [1.82, 2.24) is 15.2 Å². The number of fused-ring (bicyclic) bond motifs is 1. The number of carbonyl (C=O) groups excluding carboxylic acids is 1. The van der Waals surface area contributed by atoms with Crippen LogP contribution in [-0.4, -0.2) is 41.7 Å². The van der Waals surface area contributed by atoms with Gasteiger partial charge in [0.1, 0.15) is 12.7 Å². The van der Waals surface area contributed by atoms with Gasteiger partial charge < -0.3 is 19.7 Å². The Bertz CT molecular complexity index is 693. The van der Waals surface area contributed by atoms with Gasteiger partial charge in [-0.3, -0.25) is 4.98 Å². The minimum Gasteiger partial charge on any atom is -0.486 e. The van der Waals surface area contributed by atoms with Crippen LogP contribution in [0.2, 0.25) is 0 Å². The van der Waals surface area contributed by atoms with Gasteiger partial charge in [0.2, 0.25) is 0 Å². The SMILES string of the molecule is CCN(Cc1ccncc1)C(=O)NCC[C@@H]1COc2ccccc2O1. The Morgan fingerprint density at radius 2 is 2.00 bits per heavy atom. The Kier molecular flexibility index (Phi) is 5.72. The van der Waals surface area contributed by atoms with Crippen molar-refractivity contribution >= 4 is 6.03 Å². The molecule has 1 aromatic carbocycles. The molecule has 0 saturated carbocycles. The summed E-state index contributed by atoms with van der Waals surface area (Å²) in [6.07, 6.45) is 4.12. The summed E-state index contributed by atoms with van der Waals surface area (Å²) in [7, 11) is 0. The molecule has 132 valence electrons. The first-order valence-electron chi connectivity index (χ1n) is 8.56. The van der Waals surface area contributed by atoms with Crippen LogP contribution in [0.4, 0.5) is 4.79 Å². The number of hydrogen-bond acceptors (Lipinski definition) is 4. The minimum atomic E-state index is -0.0727. The predicted molar refractivity (Wildman–Crippen MR) is 94.7 cm³/mol. The van der Waals surface area contributed by atoms with Crippen LogP contribution in [0.25, 0.3) is 0 Å². The monoisotopic (exact) mass is 341 g/mol. The Hall–Kier alpha value is -2.76. The zero-order chi connectivity index (χ0) is 17.5. The summed E-state index contributed by atoms with van der Waals surface area (Å²) < 4.78 is 11.6. The van der Waals surface area contributed by atoms with E-state index in [2.05, 4.69) is 10.3 Å². The Morgan fingerprint density at radius 3 is 2.76 bits per heavy atom. The third kappa shape index (κ3) is 4.62. The van der Waals surface area contributed by atoms with Gasteiger partial charge in [0.15, 0.2) is 11.5 Å². The molecule has 3 rings (SSSR count). The summed E-state index contributed by atoms with van der Waals surface area (Å²) in [4.78, 5) is 18.1. The van der Waals surface area contributed by atoms with Crippen molar-refractivity contribution < 1.29 is 14.3 Å². The highest BCUT2D eigenvalue weighted by atomic mass is 16.6. The van der Waals surface area contributed by atoms with Gasteiger partial charge in [-0.1, -0.05) is 12.1 Å². The molecule has 0 radical (unpaired) electrons. The van der Waals surface area contributed by atoms with Crippen molar-refractivity contribution in [1.29, 1.82) is 0 Å². The summed E-state index contributed by atoms with van der Waals surface area (Å²) in [6, 6.07) is 11.4. The predicted octanol–water partition coefficient (Wildman–Crippen LogP) is 2.84. The van der Waals surface area contributed by atoms with Crippen LogP contribution in [0.1, 0.15) is 18.9 Å². The van der Waals surface area contributed by atoms with Crippen LogP contribution in [0.3, 0.4) is 0 Å². The lowest BCUT2D eigenvalue weighted by molar-refractivity contribution is 0.0849. The van der Waals surface area contributed by atoms with Crippen LogP contribution in [0.15, 0.2) is 48.8 Å². The first-order chi connectivity index (χ1) is 12.3. The fraction of sp³-hybridized carbons (Fsp3) is 0.368. The van der Waals surface area contributed by atoms with Crippen LogP contribution in [-0.2, 0) is 6.54 Å². The average Bonchev–Trinajstić information content (AvgIpc) is 2.66. The van der Waals surface area contributed by atoms with Crippen LogP contribution < -0.4 is 14.8 Å². The molecule has 1 aliphatic rings. The number of rotatable bonds is 6. The number of urea groups is 1. The van der Waals surface area contributed by atoms with Crippen molar-refractivity contribution in [2.24, 2.45) is 0 Å². The number of benzene rings is 1. The number of nitrogens with zero attached hydrogens (tertiary/aromatic N) is 2. The van der Waals surface area contributed by atoms with Crippen molar-refractivity contribution in [3.63, 3.8) is 0 Å². The Morgan fingerprint density at radius 1 is 1.24 bits per heavy atom. The number of carbonyl (C=O) groups is 1. The van der Waals surface area contributed by atoms with Crippen molar-refractivity contribution in [3.05, 3.63) is 54.4 Å². The number of ether oxygens (including phenoxy) is 2. The van der Waals surface area contributed by atoms with E-state index in [-0.39, 0.29) is 12.1 Å². The molecular formula is C19H23N3O3. The normalized spacial score (nSPS) is 15.5. The third-order valence-corrected chi connectivity index (χ3v) is 4.10. The maximum atomic E-state index is 12.3. The molecule has 0 unspecified atom stereocenters. The van der Waals surface area contributed by atoms with Gasteiger partial charge in [0, 0.05) is 38.4 Å². The molecule has 0 spiro atoms. The maximum Gasteiger partial charge on any atom is 0.317 e. The number of pyridine rings is 1. The lowest BCUT2D eigenvalue weighted by atomic mass is 10.2. The number of aromatic nitrogens is 1. The zero-order valence-electron chi connectivity index (χ0n) is 14.4. The Labute approximate surface area is 147 Å². The van der Waals surface area contributed by atoms with Gasteiger partial charge in [-0.2, -0.15) is 0 Å². The van der Waals surface area contributed by atoms with E-state index in [9.17, 15) is 4.79 Å². The Balaban J connectivity index is 1.44. The zero-order valence-corrected chi connectivity index (χ0v) is 14.4. The van der Waals surface area contributed by atoms with Gasteiger partial charge >= 0.3 is 6.03 Å². The average molecular weight is 341 g/mol. The van der Waals surface area contributed by atoms with E-state index in [1.54, 1.807) is 17.3 Å². The van der Waals surface area contributed by atoms with Crippen molar-refractivity contribution in [2.75, 3.05) is 19.7 Å². The van der Waals surface area contributed by atoms with Gasteiger partial charge in [-0.15, -0.1) is 0 Å². The third-order valence-electron chi connectivity index (χ3n) is 4.10. The fourth-order valence-corrected chi connectivity index (χ4v) is 2.69. The van der Waals surface area contributed by atoms with Crippen molar-refractivity contribution in [3.8, 4) is 11.5 Å². The highest BCUT2D eigenvalue weighted by Crippen LogP contribution is 2.31. The molecule has 1 atom stereocenters. The standard InChI is InChI=1S/C19H23N3O3/c1-2-22(13-15-7-10-20-11-8-15)19(23)21-12-9-16-14-24-17-5-3-4-6-18(17)25-16/h3-8,10-11,16H,2,9,12-14H2,1H3,(H,21,23)/t16-/m1/s1. The number of amides is 2. The summed E-state index contributed by atoms with van der Waals surface area (Å²) in [5, 5.41) is 2.96. The molecule has 1 aliphatic heterocycles. The van der Waals surface area contributed by atoms with Crippen molar-refractivity contribution in [2.45, 2.75) is 26.0 Å². The van der Waals surface area contributed by atoms with Gasteiger partial charge in [0.25, 0.3) is 0 Å². The first kappa shape index (κ1) is 17.1. The number of nitrogens with one attached hydrogen (secondary N) is 1. The van der Waals surface area contributed by atoms with Gasteiger partial charge in [0.05, 0.1) is 0 Å². The molecule has 1 N–H and O–H groups in total. The minimum absolute atomic E-state index is 0.0505. The molecule has 2 amide bonds. The van der Waals surface area contributed by atoms with Gasteiger partial charge in [-0.25, -0.2) is 4.79 Å². The van der Waals surface area contributed by atoms with Crippen LogP contribution in [0, 0.1) is 0 Å². The van der Waals surface area contributed by atoms with Crippen LogP contribution in [0.5, 0.6) is 11.5 Å². The van der Waals surface area contributed by atoms with Gasteiger partial charge in [-0.05, 0) is 36.8 Å². The lowest BCUT2D eigenvalue weighted by Crippen LogP contribution is -2.41. The van der Waals surface area contributed by atoms with E-state index in [0.29, 0.717) is 32.7 Å². The lowest BCUT2D eigenvalue weighted by Gasteiger charge is -2.27. The largest absolute Gasteiger partial charge is 0.486 e. The molecule has 0 bridgehead atoms. The molecule has 2 heterocycles. The molecule has 2 aromatic rings. The second-order valence-corrected chi connectivity index (χ2v) is 5.89. The summed E-state index contributed by atoms with van der Waals surface area (Å²) in [5.41, 5.74) is 1.06. The van der Waals surface area contributed by atoms with E-state index in [0.717, 1.165) is 17.1 Å².